The first-order chi connectivity index (χ1) is 63.7. The number of nitrogens with two attached hydrogens (primary N) is 1. The van der Waals surface area contributed by atoms with E-state index in [4.69, 9.17) is 65.2 Å². The number of hydrogen-bond acceptors (Lipinski definition) is 26. The zero-order valence-corrected chi connectivity index (χ0v) is 79.3. The van der Waals surface area contributed by atoms with Gasteiger partial charge in [0.2, 0.25) is 35.4 Å². The molecule has 5 unspecified atom stereocenters. The molecule has 10 aromatic rings. The average Bonchev–Trinajstić information content (AvgIpc) is 1.67. The number of aliphatic carboxylic acids is 1. The molecule has 6 N–H and O–H groups in total. The van der Waals surface area contributed by atoms with Gasteiger partial charge in [0.05, 0.1) is 61.1 Å². The quantitative estimate of drug-likeness (QED) is 0.0461. The van der Waals surface area contributed by atoms with Crippen LogP contribution in [0.15, 0.2) is 138 Å². The third-order valence-corrected chi connectivity index (χ3v) is 27.2. The summed E-state index contributed by atoms with van der Waals surface area (Å²) < 4.78 is 33.8. The number of halogens is 6. The Morgan fingerprint density at radius 2 is 1.01 bits per heavy atom. The normalized spacial score (nSPS) is 22.3. The molecular weight excluding hydrogens is 1880 g/mol. The number of methoxy groups -OCH3 is 1. The van der Waals surface area contributed by atoms with E-state index in [1.165, 1.54) is 62.1 Å². The number of carbonyl (C=O) groups is 8. The Kier molecular flexibility index (Phi) is 36.6. The van der Waals surface area contributed by atoms with E-state index in [-0.39, 0.29) is 77.0 Å². The molecule has 705 valence electrons. The number of carbonyl (C=O) groups excluding carboxylic acids is 7. The van der Waals surface area contributed by atoms with Crippen molar-refractivity contribution in [3.05, 3.63) is 178 Å². The number of Topliss-reactive ketones (excluding diaryl/α,β-unsaturated/α-hetero) is 1. The van der Waals surface area contributed by atoms with Crippen LogP contribution in [0.3, 0.4) is 0 Å². The van der Waals surface area contributed by atoms with Gasteiger partial charge in [0, 0.05) is 214 Å². The second kappa shape index (κ2) is 48.0. The number of ether oxygens (including phenoxy) is 2. The van der Waals surface area contributed by atoms with Crippen molar-refractivity contribution < 1.29 is 67.4 Å². The van der Waals surface area contributed by atoms with Crippen LogP contribution in [0.1, 0.15) is 169 Å². The van der Waals surface area contributed by atoms with Crippen LogP contribution in [0.4, 0.5) is 15.0 Å². The summed E-state index contributed by atoms with van der Waals surface area (Å²) in [5, 5.41) is 30.8. The Morgan fingerprint density at radius 3 is 1.51 bits per heavy atom. The van der Waals surface area contributed by atoms with E-state index < -0.39 is 18.9 Å². The third-order valence-electron chi connectivity index (χ3n) is 25.7. The summed E-state index contributed by atoms with van der Waals surface area (Å²) in [5.41, 5.74) is 9.07. The van der Waals surface area contributed by atoms with E-state index in [1.54, 1.807) is 51.8 Å². The van der Waals surface area contributed by atoms with Crippen molar-refractivity contribution in [3.8, 4) is 17.2 Å². The van der Waals surface area contributed by atoms with Crippen molar-refractivity contribution in [2.45, 2.75) is 183 Å². The SMILES string of the molecule is CN1CCN(C)C1=O.COc1cccc(Oc2ccc(B(O)O)cc2)c1F.Cl.NCc1nccnc1Cl.O=C(CNc1nccnc1Cl)[C@H]1CCC2CCC(=O)N2C1.O=C(O)[C@H]1CCC2CCC(=O)N2C1.O=C1CCC2CC[C@@H](c3nc(Br)c4cnccn34)CN12.O=C1CCC2CC[C@@H](c3ncc4c(Cl)nccn34)CN12.O=C1CCC2CC[C@@H](c3ncc4cnccn34)CN12.[B]=NS. The van der Waals surface area contributed by atoms with Gasteiger partial charge in [0.25, 0.3) is 0 Å². The first kappa shape index (κ1) is 101. The van der Waals surface area contributed by atoms with E-state index in [2.05, 4.69) is 114 Å². The molecule has 36 nitrogen and oxygen atoms in total. The Morgan fingerprint density at radius 1 is 0.556 bits per heavy atom. The van der Waals surface area contributed by atoms with Crippen LogP contribution in [0.5, 0.6) is 17.2 Å². The molecule has 10 atom stereocenters. The summed E-state index contributed by atoms with van der Waals surface area (Å²) in [6, 6.07) is 12.8. The van der Waals surface area contributed by atoms with Crippen molar-refractivity contribution in [2.24, 2.45) is 21.9 Å². The fraction of sp³-hybridized carbons (Fsp3) is 0.477. The predicted molar refractivity (Wildman–Crippen MR) is 504 cm³/mol. The summed E-state index contributed by atoms with van der Waals surface area (Å²) >= 11 is 24.2. The molecule has 8 aromatic heterocycles. The number of rotatable bonds is 13. The van der Waals surface area contributed by atoms with Gasteiger partial charge in [-0.2, -0.15) is 4.39 Å². The van der Waals surface area contributed by atoms with E-state index in [0.717, 1.165) is 174 Å². The molecule has 0 spiro atoms. The molecule has 1 radical (unpaired) electrons. The number of anilines is 1. The number of urea groups is 1. The van der Waals surface area contributed by atoms with Crippen LogP contribution in [0, 0.1) is 17.7 Å². The van der Waals surface area contributed by atoms with Gasteiger partial charge in [0.1, 0.15) is 33.3 Å². The summed E-state index contributed by atoms with van der Waals surface area (Å²) in [4.78, 5) is 147. The maximum absolute atomic E-state index is 13.8. The van der Waals surface area contributed by atoms with Gasteiger partial charge in [-0.05, 0) is 142 Å². The summed E-state index contributed by atoms with van der Waals surface area (Å²) in [7, 11) is 7.79. The van der Waals surface area contributed by atoms with Crippen molar-refractivity contribution >= 4 is 166 Å². The Balaban J connectivity index is 0.000000138. The number of aromatic nitrogens is 13. The van der Waals surface area contributed by atoms with Gasteiger partial charge in [-0.25, -0.2) is 39.7 Å². The van der Waals surface area contributed by atoms with Gasteiger partial charge in [-0.15, -0.1) is 12.4 Å². The second-order valence-electron chi connectivity index (χ2n) is 33.6. The molecule has 19 heterocycles. The molecule has 0 saturated carbocycles. The molecule has 0 aliphatic carbocycles. The fourth-order valence-electron chi connectivity index (χ4n) is 18.6. The Labute approximate surface area is 804 Å². The summed E-state index contributed by atoms with van der Waals surface area (Å²) in [6.07, 6.45) is 42.7. The number of piperidine rings is 5. The molecular formula is C88H106B2BrCl4FN23O13S. The number of fused-ring (bicyclic) bond motifs is 8. The van der Waals surface area contributed by atoms with Crippen molar-refractivity contribution in [1.29, 1.82) is 0 Å². The summed E-state index contributed by atoms with van der Waals surface area (Å²) in [5.74, 6) is 4.52. The molecule has 133 heavy (non-hydrogen) atoms. The van der Waals surface area contributed by atoms with Gasteiger partial charge in [-0.1, -0.05) is 53.0 Å². The number of thiol groups is 1. The van der Waals surface area contributed by atoms with Gasteiger partial charge in [0.15, 0.2) is 38.6 Å². The molecule has 11 fully saturated rings. The van der Waals surface area contributed by atoms with Crippen LogP contribution >= 0.6 is 76.0 Å². The second-order valence-corrected chi connectivity index (χ2v) is 35.7. The minimum atomic E-state index is -1.54. The average molecular weight is 1990 g/mol. The van der Waals surface area contributed by atoms with Crippen LogP contribution in [0.2, 0.25) is 15.5 Å². The topological polar surface area (TPSA) is 431 Å². The Hall–Kier alpha value is -10.7. The van der Waals surface area contributed by atoms with E-state index >= 15 is 0 Å². The number of nitrogens with one attached hydrogen (secondary N) is 1. The number of likely N-dealkylation sites (N-methyl/N-ethyl adjacent to an activating group) is 2. The Bertz CT molecular complexity index is 5710. The zero-order valence-electron chi connectivity index (χ0n) is 73.7. The predicted octanol–water partition coefficient (Wildman–Crippen LogP) is 10.7. The molecule has 0 bridgehead atoms. The number of imidazole rings is 3. The first-order valence-corrected chi connectivity index (χ1v) is 46.3. The maximum atomic E-state index is 13.8. The monoisotopic (exact) mass is 1980 g/mol. The van der Waals surface area contributed by atoms with Crippen LogP contribution < -0.4 is 26.0 Å². The van der Waals surface area contributed by atoms with Gasteiger partial charge < -0.3 is 74.4 Å². The van der Waals surface area contributed by atoms with Crippen molar-refractivity contribution in [3.63, 3.8) is 0 Å². The van der Waals surface area contributed by atoms with E-state index in [1.807, 2.05) is 65.5 Å². The van der Waals surface area contributed by atoms with Gasteiger partial charge >= 0.3 is 43.9 Å². The number of amides is 7. The number of ketones is 1. The van der Waals surface area contributed by atoms with Crippen LogP contribution in [-0.2, 0) is 40.1 Å². The molecule has 7 amide bonds. The molecule has 11 aliphatic heterocycles. The fourth-order valence-corrected chi connectivity index (χ4v) is 19.6. The molecule has 11 saturated heterocycles. The first-order valence-electron chi connectivity index (χ1n) is 44.0. The zero-order chi connectivity index (χ0) is 93.8. The molecule has 2 aromatic carbocycles. The standard InChI is InChI=1S/C14H15BrN4O.C14H17ClN4O2.C14H15ClN4O.C14H16N4O.C13H12BFO4.C9H13NO3.C5H6ClN3.C5H10N2O.BHNS.ClH/c15-13-11-7-16-5-6-18(11)14(17-13)9-1-2-10-3-4-12(20)19(10)8-9;15-13-14(17-6-5-16-13)18-7-11(20)9-1-2-10-3-4-12(21)19(10)8-9;15-13-11-7-17-14(18(11)6-5-16-13)9-1-2-10-3-4-12(20)19(10)8-9;19-13-4-3-11-2-1-10(9-18(11)13)14-16-8-12-7-15-5-6-17(12)14;1-18-11-3-2-4-12(13(11)15)19-10-7-5-9(6-8-10)14(16)17;11-8-4-3-7-2-1-6(9(12)13)5-10(7)8;6-5-4(3-7)8-1-2-9-5;1-6-3-4-7(2)5(6)8;1-2-3;/h5-7,9-10H,1-4,8H2;5-6,9-10H,1-4,7-8H2,(H,17,18);5-7,9-10H,1-4,8H2;5-8,10-11H,1-4,9H2;2-8,16-17H,1H3;6-7H,1-5H2,(H,12,13);1-2H,3,7H2;3-4H2,1-2H3;3H;1H/t3*9-,10?;10-,11?;;6-,7?;;;;/m1011.0..../s1. The minimum absolute atomic E-state index is 0. The van der Waals surface area contributed by atoms with Crippen molar-refractivity contribution in [2.75, 3.05) is 78.9 Å². The van der Waals surface area contributed by atoms with Gasteiger partial charge in [-0.3, -0.25) is 57.3 Å². The van der Waals surface area contributed by atoms with Crippen LogP contribution in [-0.4, -0.2) is 278 Å². The summed E-state index contributed by atoms with van der Waals surface area (Å²) in [6.45, 7) is 5.63. The third kappa shape index (κ3) is 25.3. The number of benzene rings is 2. The van der Waals surface area contributed by atoms with E-state index in [0.29, 0.717) is 138 Å². The number of nitrogens with zero attached hydrogens (tertiary/aromatic N) is 21. The molecule has 11 aliphatic rings. The number of hydrogen-bond donors (Lipinski definition) is 6. The number of carboxylic acid groups (broad SMARTS) is 1. The number of carboxylic acids is 1. The van der Waals surface area contributed by atoms with Crippen molar-refractivity contribution in [1.82, 2.24) is 97.3 Å². The molecule has 21 rings (SSSR count). The molecule has 45 heteroatoms. The van der Waals surface area contributed by atoms with Crippen LogP contribution in [0.25, 0.3) is 16.6 Å². The van der Waals surface area contributed by atoms with E-state index in [9.17, 15) is 42.7 Å².